The van der Waals surface area contributed by atoms with Crippen LogP contribution >= 0.6 is 0 Å². The molecule has 1 saturated heterocycles. The molecule has 2 aromatic rings. The second-order valence-electron chi connectivity index (χ2n) is 6.27. The highest BCUT2D eigenvalue weighted by Gasteiger charge is 2.22. The van der Waals surface area contributed by atoms with Crippen molar-refractivity contribution in [3.8, 4) is 0 Å². The van der Waals surface area contributed by atoms with Gasteiger partial charge < -0.3 is 15.0 Å². The van der Waals surface area contributed by atoms with Crippen LogP contribution in [0.15, 0.2) is 48.5 Å². The molecule has 1 aliphatic heterocycles. The molecule has 0 unspecified atom stereocenters. The van der Waals surface area contributed by atoms with Gasteiger partial charge in [0.2, 0.25) is 0 Å². The maximum Gasteiger partial charge on any atom is 0.251 e. The van der Waals surface area contributed by atoms with Crippen molar-refractivity contribution >= 4 is 11.6 Å². The number of nitrogens with zero attached hydrogens (tertiary/aromatic N) is 1. The highest BCUT2D eigenvalue weighted by Crippen LogP contribution is 2.22. The highest BCUT2D eigenvalue weighted by atomic mass is 19.1. The summed E-state index contributed by atoms with van der Waals surface area (Å²) in [6.07, 6.45) is 1.99. The van der Waals surface area contributed by atoms with Crippen LogP contribution in [-0.2, 0) is 11.2 Å². The Bertz CT molecular complexity index is 701. The van der Waals surface area contributed by atoms with Crippen LogP contribution in [-0.4, -0.2) is 38.8 Å². The fraction of sp³-hybridized carbons (Fsp3) is 0.350. The number of carbonyl (C=O) groups is 1. The first kappa shape index (κ1) is 17.4. The van der Waals surface area contributed by atoms with Crippen molar-refractivity contribution < 1.29 is 13.9 Å². The molecule has 5 heteroatoms. The minimum absolute atomic E-state index is 0.0927. The molecule has 1 aliphatic rings. The second kappa shape index (κ2) is 8.12. The number of hydrogen-bond acceptors (Lipinski definition) is 3. The van der Waals surface area contributed by atoms with Crippen LogP contribution in [0.3, 0.4) is 0 Å². The lowest BCUT2D eigenvalue weighted by molar-refractivity contribution is 0.0954. The summed E-state index contributed by atoms with van der Waals surface area (Å²) in [7, 11) is 1.74. The van der Waals surface area contributed by atoms with Crippen molar-refractivity contribution in [3.63, 3.8) is 0 Å². The largest absolute Gasteiger partial charge is 0.380 e. The zero-order valence-electron chi connectivity index (χ0n) is 14.4. The van der Waals surface area contributed by atoms with Gasteiger partial charge in [0.05, 0.1) is 6.10 Å². The van der Waals surface area contributed by atoms with Gasteiger partial charge in [-0.1, -0.05) is 12.1 Å². The molecule has 1 N–H and O–H groups in total. The first-order valence-electron chi connectivity index (χ1n) is 8.56. The molecule has 1 atom stereocenters. The van der Waals surface area contributed by atoms with Crippen molar-refractivity contribution in [1.29, 1.82) is 0 Å². The first-order chi connectivity index (χ1) is 12.2. The quantitative estimate of drug-likeness (QED) is 0.877. The minimum atomic E-state index is -0.248. The van der Waals surface area contributed by atoms with Crippen LogP contribution in [0.5, 0.6) is 0 Å². The minimum Gasteiger partial charge on any atom is -0.380 e. The number of rotatable bonds is 6. The van der Waals surface area contributed by atoms with Gasteiger partial charge in [-0.2, -0.15) is 0 Å². The van der Waals surface area contributed by atoms with Crippen molar-refractivity contribution in [2.45, 2.75) is 18.9 Å². The van der Waals surface area contributed by atoms with E-state index in [1.165, 1.54) is 12.1 Å². The van der Waals surface area contributed by atoms with E-state index in [9.17, 15) is 9.18 Å². The summed E-state index contributed by atoms with van der Waals surface area (Å²) in [5.74, 6) is -0.340. The van der Waals surface area contributed by atoms with Gasteiger partial charge in [-0.3, -0.25) is 4.79 Å². The number of carbonyl (C=O) groups excluding carboxylic acids is 1. The molecule has 1 fully saturated rings. The second-order valence-corrected chi connectivity index (χ2v) is 6.27. The van der Waals surface area contributed by atoms with E-state index >= 15 is 0 Å². The molecule has 4 nitrogen and oxygen atoms in total. The summed E-state index contributed by atoms with van der Waals surface area (Å²) in [5, 5.41) is 2.90. The lowest BCUT2D eigenvalue weighted by Crippen LogP contribution is -2.26. The smallest absolute Gasteiger partial charge is 0.251 e. The molecular weight excluding hydrogens is 319 g/mol. The summed E-state index contributed by atoms with van der Waals surface area (Å²) in [4.78, 5) is 14.5. The molecule has 25 heavy (non-hydrogen) atoms. The van der Waals surface area contributed by atoms with Crippen LogP contribution in [0.1, 0.15) is 22.3 Å². The molecule has 0 radical (unpaired) electrons. The number of benzene rings is 2. The zero-order chi connectivity index (χ0) is 17.6. The molecule has 0 saturated carbocycles. The van der Waals surface area contributed by atoms with Gasteiger partial charge in [0.1, 0.15) is 5.82 Å². The molecular formula is C20H23FN2O2. The van der Waals surface area contributed by atoms with Crippen LogP contribution in [0.25, 0.3) is 0 Å². The zero-order valence-corrected chi connectivity index (χ0v) is 14.4. The van der Waals surface area contributed by atoms with E-state index in [0.717, 1.165) is 30.8 Å². The van der Waals surface area contributed by atoms with E-state index in [4.69, 9.17) is 4.74 Å². The maximum atomic E-state index is 12.9. The van der Waals surface area contributed by atoms with E-state index in [1.807, 2.05) is 24.3 Å². The number of hydrogen-bond donors (Lipinski definition) is 1. The van der Waals surface area contributed by atoms with Gasteiger partial charge >= 0.3 is 0 Å². The fourth-order valence-electron chi connectivity index (χ4n) is 3.05. The van der Waals surface area contributed by atoms with Crippen LogP contribution < -0.4 is 10.2 Å². The molecule has 0 bridgehead atoms. The van der Waals surface area contributed by atoms with E-state index in [2.05, 4.69) is 10.2 Å². The predicted molar refractivity (Wildman–Crippen MR) is 96.5 cm³/mol. The van der Waals surface area contributed by atoms with Crippen LogP contribution in [0, 0.1) is 5.82 Å². The van der Waals surface area contributed by atoms with Crippen LogP contribution in [0.2, 0.25) is 0 Å². The molecule has 0 aromatic heterocycles. The Morgan fingerprint density at radius 2 is 1.92 bits per heavy atom. The fourth-order valence-corrected chi connectivity index (χ4v) is 3.05. The summed E-state index contributed by atoms with van der Waals surface area (Å²) in [6, 6.07) is 14.0. The number of nitrogens with one attached hydrogen (secondary N) is 1. The normalized spacial score (nSPS) is 16.9. The third-order valence-electron chi connectivity index (χ3n) is 4.59. The third kappa shape index (κ3) is 4.57. The Hall–Kier alpha value is -2.40. The molecule has 0 aliphatic carbocycles. The van der Waals surface area contributed by atoms with Crippen LogP contribution in [0.4, 0.5) is 10.1 Å². The predicted octanol–water partition coefficient (Wildman–Crippen LogP) is 3.02. The van der Waals surface area contributed by atoms with Crippen molar-refractivity contribution in [2.75, 3.05) is 31.6 Å². The average molecular weight is 342 g/mol. The Morgan fingerprint density at radius 1 is 1.20 bits per heavy atom. The van der Waals surface area contributed by atoms with E-state index in [1.54, 1.807) is 19.2 Å². The van der Waals surface area contributed by atoms with E-state index < -0.39 is 0 Å². The highest BCUT2D eigenvalue weighted by molar-refractivity contribution is 5.94. The van der Waals surface area contributed by atoms with Gasteiger partial charge in [-0.15, -0.1) is 0 Å². The van der Waals surface area contributed by atoms with E-state index in [0.29, 0.717) is 18.5 Å². The molecule has 0 spiro atoms. The lowest BCUT2D eigenvalue weighted by Gasteiger charge is -2.18. The molecule has 1 heterocycles. The number of amides is 1. The Morgan fingerprint density at radius 3 is 2.56 bits per heavy atom. The van der Waals surface area contributed by atoms with Crippen molar-refractivity contribution in [2.24, 2.45) is 0 Å². The molecule has 132 valence electrons. The first-order valence-corrected chi connectivity index (χ1v) is 8.56. The Balaban J connectivity index is 1.50. The number of ether oxygens (including phenoxy) is 1. The number of anilines is 1. The summed E-state index contributed by atoms with van der Waals surface area (Å²) >= 11 is 0. The standard InChI is InChI=1S/C20H23FN2O2/c1-25-19-11-13-23(14-19)18-8-4-16(5-9-18)20(24)22-12-10-15-2-6-17(21)7-3-15/h2-9,19H,10-14H2,1H3,(H,22,24)/t19-/m1/s1. The maximum absolute atomic E-state index is 12.9. The van der Waals surface area contributed by atoms with Gasteiger partial charge in [0.25, 0.3) is 5.91 Å². The van der Waals surface area contributed by atoms with Crippen molar-refractivity contribution in [3.05, 3.63) is 65.5 Å². The number of methoxy groups -OCH3 is 1. The molecule has 1 amide bonds. The van der Waals surface area contributed by atoms with Gasteiger partial charge in [0, 0.05) is 38.0 Å². The molecule has 3 rings (SSSR count). The SMILES string of the molecule is CO[C@@H]1CCN(c2ccc(C(=O)NCCc3ccc(F)cc3)cc2)C1. The van der Waals surface area contributed by atoms with Gasteiger partial charge in [0.15, 0.2) is 0 Å². The summed E-state index contributed by atoms with van der Waals surface area (Å²) < 4.78 is 18.3. The summed E-state index contributed by atoms with van der Waals surface area (Å²) in [6.45, 7) is 2.38. The topological polar surface area (TPSA) is 41.6 Å². The third-order valence-corrected chi connectivity index (χ3v) is 4.59. The number of halogens is 1. The Labute approximate surface area is 147 Å². The average Bonchev–Trinajstić information content (AvgIpc) is 3.13. The Kier molecular flexibility index (Phi) is 5.66. The summed E-state index contributed by atoms with van der Waals surface area (Å²) in [5.41, 5.74) is 2.76. The van der Waals surface area contributed by atoms with Crippen molar-refractivity contribution in [1.82, 2.24) is 5.32 Å². The lowest BCUT2D eigenvalue weighted by atomic mass is 10.1. The monoisotopic (exact) mass is 342 g/mol. The van der Waals surface area contributed by atoms with Gasteiger partial charge in [-0.25, -0.2) is 4.39 Å². The van der Waals surface area contributed by atoms with Gasteiger partial charge in [-0.05, 0) is 54.8 Å². The molecule has 2 aromatic carbocycles. The van der Waals surface area contributed by atoms with E-state index in [-0.39, 0.29) is 17.8 Å².